The van der Waals surface area contributed by atoms with Crippen molar-refractivity contribution in [3.8, 4) is 10.6 Å². The van der Waals surface area contributed by atoms with Gasteiger partial charge in [-0.3, -0.25) is 4.79 Å². The Morgan fingerprint density at radius 3 is 2.70 bits per heavy atom. The smallest absolute Gasteiger partial charge is 0.230 e. The second-order valence-electron chi connectivity index (χ2n) is 4.83. The third kappa shape index (κ3) is 3.75. The molecule has 1 N–H and O–H groups in total. The third-order valence-corrected chi connectivity index (χ3v) is 4.40. The summed E-state index contributed by atoms with van der Waals surface area (Å²) >= 11 is 7.56. The van der Waals surface area contributed by atoms with Crippen LogP contribution in [0.15, 0.2) is 53.9 Å². The predicted octanol–water partition coefficient (Wildman–Crippen LogP) is 4.78. The molecule has 0 unspecified atom stereocenters. The van der Waals surface area contributed by atoms with E-state index >= 15 is 0 Å². The van der Waals surface area contributed by atoms with Gasteiger partial charge in [-0.05, 0) is 18.2 Å². The van der Waals surface area contributed by atoms with Crippen molar-refractivity contribution in [1.82, 2.24) is 4.98 Å². The Hall–Kier alpha value is -2.24. The Morgan fingerprint density at radius 1 is 1.17 bits per heavy atom. The summed E-state index contributed by atoms with van der Waals surface area (Å²) < 4.78 is 13.5. The first-order valence-corrected chi connectivity index (χ1v) is 8.13. The lowest BCUT2D eigenvalue weighted by atomic mass is 10.2. The van der Waals surface area contributed by atoms with Crippen LogP contribution in [0.1, 0.15) is 5.69 Å². The zero-order chi connectivity index (χ0) is 16.2. The number of hydrogen-bond acceptors (Lipinski definition) is 3. The molecule has 0 fully saturated rings. The van der Waals surface area contributed by atoms with E-state index in [2.05, 4.69) is 10.3 Å². The lowest BCUT2D eigenvalue weighted by Gasteiger charge is -2.04. The Bertz CT molecular complexity index is 850. The van der Waals surface area contributed by atoms with Gasteiger partial charge in [-0.25, -0.2) is 9.37 Å². The van der Waals surface area contributed by atoms with E-state index in [1.165, 1.54) is 23.5 Å². The van der Waals surface area contributed by atoms with Crippen LogP contribution in [-0.4, -0.2) is 10.9 Å². The highest BCUT2D eigenvalue weighted by Crippen LogP contribution is 2.30. The Kier molecular flexibility index (Phi) is 4.69. The van der Waals surface area contributed by atoms with Crippen LogP contribution in [0.2, 0.25) is 5.02 Å². The highest BCUT2D eigenvalue weighted by molar-refractivity contribution is 7.13. The summed E-state index contributed by atoms with van der Waals surface area (Å²) in [7, 11) is 0. The van der Waals surface area contributed by atoms with Crippen LogP contribution in [0.4, 0.5) is 10.1 Å². The Morgan fingerprint density at radius 2 is 1.91 bits per heavy atom. The highest BCUT2D eigenvalue weighted by atomic mass is 35.5. The fraction of sp³-hybridized carbons (Fsp3) is 0.0588. The standard InChI is InChI=1S/C17H12ClFN2OS/c18-13-6-2-1-5-12(13)17-20-11(10-23-17)9-16(22)21-15-8-4-3-7-14(15)19/h1-8,10H,9H2,(H,21,22). The maximum Gasteiger partial charge on any atom is 0.230 e. The summed E-state index contributed by atoms with van der Waals surface area (Å²) in [6.07, 6.45) is 0.0787. The van der Waals surface area contributed by atoms with Crippen LogP contribution in [0.5, 0.6) is 0 Å². The van der Waals surface area contributed by atoms with Crippen molar-refractivity contribution in [2.45, 2.75) is 6.42 Å². The number of para-hydroxylation sites is 1. The lowest BCUT2D eigenvalue weighted by molar-refractivity contribution is -0.115. The minimum Gasteiger partial charge on any atom is -0.323 e. The number of carbonyl (C=O) groups is 1. The molecular formula is C17H12ClFN2OS. The summed E-state index contributed by atoms with van der Waals surface area (Å²) in [5, 5.41) is 5.72. The molecule has 3 rings (SSSR count). The van der Waals surface area contributed by atoms with Crippen LogP contribution >= 0.6 is 22.9 Å². The molecule has 3 nitrogen and oxygen atoms in total. The molecule has 0 saturated heterocycles. The predicted molar refractivity (Wildman–Crippen MR) is 91.3 cm³/mol. The maximum atomic E-state index is 13.5. The maximum absolute atomic E-state index is 13.5. The van der Waals surface area contributed by atoms with Gasteiger partial charge in [0.25, 0.3) is 0 Å². The Balaban J connectivity index is 1.71. The fourth-order valence-corrected chi connectivity index (χ4v) is 3.21. The third-order valence-electron chi connectivity index (χ3n) is 3.15. The van der Waals surface area contributed by atoms with Gasteiger partial charge in [-0.2, -0.15) is 0 Å². The number of nitrogens with zero attached hydrogens (tertiary/aromatic N) is 1. The second-order valence-corrected chi connectivity index (χ2v) is 6.09. The molecular weight excluding hydrogens is 335 g/mol. The summed E-state index contributed by atoms with van der Waals surface area (Å²) in [4.78, 5) is 16.4. The molecule has 2 aromatic carbocycles. The SMILES string of the molecule is O=C(Cc1csc(-c2ccccc2Cl)n1)Nc1ccccc1F. The normalized spacial score (nSPS) is 10.5. The quantitative estimate of drug-likeness (QED) is 0.738. The van der Waals surface area contributed by atoms with Gasteiger partial charge in [0, 0.05) is 10.9 Å². The van der Waals surface area contributed by atoms with Crippen LogP contribution < -0.4 is 5.32 Å². The van der Waals surface area contributed by atoms with Crippen LogP contribution in [0.25, 0.3) is 10.6 Å². The molecule has 0 spiro atoms. The van der Waals surface area contributed by atoms with E-state index in [0.29, 0.717) is 10.7 Å². The number of amides is 1. The number of hydrogen-bond donors (Lipinski definition) is 1. The van der Waals surface area contributed by atoms with Gasteiger partial charge < -0.3 is 5.32 Å². The van der Waals surface area contributed by atoms with Crippen molar-refractivity contribution in [2.75, 3.05) is 5.32 Å². The molecule has 23 heavy (non-hydrogen) atoms. The highest BCUT2D eigenvalue weighted by Gasteiger charge is 2.12. The first-order chi connectivity index (χ1) is 11.1. The fourth-order valence-electron chi connectivity index (χ4n) is 2.07. The number of rotatable bonds is 4. The number of benzene rings is 2. The zero-order valence-corrected chi connectivity index (χ0v) is 13.5. The minimum absolute atomic E-state index is 0.0787. The van der Waals surface area contributed by atoms with E-state index in [-0.39, 0.29) is 18.0 Å². The number of thiazole rings is 1. The molecule has 0 aliphatic carbocycles. The molecule has 1 amide bonds. The van der Waals surface area contributed by atoms with Crippen LogP contribution in [0.3, 0.4) is 0 Å². The van der Waals surface area contributed by atoms with Crippen LogP contribution in [-0.2, 0) is 11.2 Å². The summed E-state index contributed by atoms with van der Waals surface area (Å²) in [6.45, 7) is 0. The summed E-state index contributed by atoms with van der Waals surface area (Å²) in [5.74, 6) is -0.776. The van der Waals surface area contributed by atoms with Gasteiger partial charge >= 0.3 is 0 Å². The van der Waals surface area contributed by atoms with Gasteiger partial charge in [0.2, 0.25) is 5.91 Å². The minimum atomic E-state index is -0.462. The first kappa shape index (κ1) is 15.6. The average Bonchev–Trinajstić information content (AvgIpc) is 2.98. The van der Waals surface area contributed by atoms with Gasteiger partial charge in [-0.15, -0.1) is 11.3 Å². The van der Waals surface area contributed by atoms with Crippen LogP contribution in [0, 0.1) is 5.82 Å². The van der Waals surface area contributed by atoms with Crippen molar-refractivity contribution in [2.24, 2.45) is 0 Å². The molecule has 3 aromatic rings. The van der Waals surface area contributed by atoms with E-state index in [4.69, 9.17) is 11.6 Å². The molecule has 0 radical (unpaired) electrons. The molecule has 0 aliphatic rings. The molecule has 0 bridgehead atoms. The number of aromatic nitrogens is 1. The van der Waals surface area contributed by atoms with Crippen molar-refractivity contribution < 1.29 is 9.18 Å². The molecule has 116 valence electrons. The monoisotopic (exact) mass is 346 g/mol. The van der Waals surface area contributed by atoms with Gasteiger partial charge in [0.15, 0.2) is 0 Å². The molecule has 6 heteroatoms. The second kappa shape index (κ2) is 6.89. The molecule has 1 heterocycles. The van der Waals surface area contributed by atoms with Crippen molar-refractivity contribution in [3.05, 3.63) is 70.4 Å². The van der Waals surface area contributed by atoms with Crippen molar-refractivity contribution in [3.63, 3.8) is 0 Å². The average molecular weight is 347 g/mol. The lowest BCUT2D eigenvalue weighted by Crippen LogP contribution is -2.15. The van der Waals surface area contributed by atoms with Gasteiger partial charge in [-0.1, -0.05) is 41.9 Å². The topological polar surface area (TPSA) is 42.0 Å². The molecule has 1 aromatic heterocycles. The van der Waals surface area contributed by atoms with E-state index in [0.717, 1.165) is 10.6 Å². The number of nitrogens with one attached hydrogen (secondary N) is 1. The number of halogens is 2. The van der Waals surface area contributed by atoms with E-state index in [1.807, 2.05) is 18.2 Å². The Labute approximate surface area is 141 Å². The van der Waals surface area contributed by atoms with E-state index in [1.54, 1.807) is 23.6 Å². The van der Waals surface area contributed by atoms with E-state index in [9.17, 15) is 9.18 Å². The summed E-state index contributed by atoms with van der Waals surface area (Å²) in [5.41, 5.74) is 1.62. The zero-order valence-electron chi connectivity index (χ0n) is 11.9. The molecule has 0 saturated carbocycles. The van der Waals surface area contributed by atoms with E-state index < -0.39 is 5.82 Å². The molecule has 0 aliphatic heterocycles. The first-order valence-electron chi connectivity index (χ1n) is 6.87. The van der Waals surface area contributed by atoms with Crippen molar-refractivity contribution >= 4 is 34.5 Å². The number of anilines is 1. The van der Waals surface area contributed by atoms with Gasteiger partial charge in [0.1, 0.15) is 10.8 Å². The number of carbonyl (C=O) groups excluding carboxylic acids is 1. The summed E-state index contributed by atoms with van der Waals surface area (Å²) in [6, 6.07) is 13.5. The molecule has 0 atom stereocenters. The van der Waals surface area contributed by atoms with Gasteiger partial charge in [0.05, 0.1) is 22.8 Å². The largest absolute Gasteiger partial charge is 0.323 e. The van der Waals surface area contributed by atoms with Crippen molar-refractivity contribution in [1.29, 1.82) is 0 Å².